The summed E-state index contributed by atoms with van der Waals surface area (Å²) >= 11 is 0. The van der Waals surface area contributed by atoms with Crippen LogP contribution in [0.4, 0.5) is 0 Å². The third-order valence-electron chi connectivity index (χ3n) is 3.48. The average molecular weight is 325 g/mol. The molecule has 1 aliphatic rings. The van der Waals surface area contributed by atoms with Gasteiger partial charge in [-0.2, -0.15) is 0 Å². The van der Waals surface area contributed by atoms with Crippen molar-refractivity contribution >= 4 is 23.7 Å². The summed E-state index contributed by atoms with van der Waals surface area (Å²) in [7, 11) is 0. The van der Waals surface area contributed by atoms with Gasteiger partial charge in [0.1, 0.15) is 12.1 Å². The number of piperazine rings is 1. The van der Waals surface area contributed by atoms with Gasteiger partial charge in [0.05, 0.1) is 0 Å². The molecule has 0 saturated carbocycles. The molecule has 1 rings (SSSR count). The van der Waals surface area contributed by atoms with E-state index in [1.165, 1.54) is 0 Å². The van der Waals surface area contributed by atoms with Crippen molar-refractivity contribution in [1.82, 2.24) is 16.0 Å². The van der Waals surface area contributed by atoms with Gasteiger partial charge < -0.3 is 21.1 Å². The Labute approximate surface area is 134 Å². The van der Waals surface area contributed by atoms with Gasteiger partial charge in [-0.1, -0.05) is 13.8 Å². The molecule has 128 valence electrons. The SMILES string of the molecule is CC(C)C1NC(=O)C(CCCCNC(=O)C=CC(=O)O)NC1=O. The van der Waals surface area contributed by atoms with E-state index in [0.717, 1.165) is 12.2 Å². The van der Waals surface area contributed by atoms with Crippen molar-refractivity contribution < 1.29 is 24.3 Å². The second-order valence-corrected chi connectivity index (χ2v) is 5.75. The van der Waals surface area contributed by atoms with E-state index in [9.17, 15) is 19.2 Å². The molecule has 3 amide bonds. The maximum Gasteiger partial charge on any atom is 0.328 e. The third-order valence-corrected chi connectivity index (χ3v) is 3.48. The lowest BCUT2D eigenvalue weighted by atomic mass is 9.98. The molecular weight excluding hydrogens is 302 g/mol. The van der Waals surface area contributed by atoms with Crippen LogP contribution in [0.2, 0.25) is 0 Å². The summed E-state index contributed by atoms with van der Waals surface area (Å²) in [5, 5.41) is 16.3. The van der Waals surface area contributed by atoms with Gasteiger partial charge in [-0.25, -0.2) is 4.79 Å². The van der Waals surface area contributed by atoms with Crippen molar-refractivity contribution in [3.63, 3.8) is 0 Å². The third kappa shape index (κ3) is 6.50. The number of carbonyl (C=O) groups is 4. The number of hydrogen-bond donors (Lipinski definition) is 4. The number of carbonyl (C=O) groups excluding carboxylic acids is 3. The highest BCUT2D eigenvalue weighted by atomic mass is 16.4. The summed E-state index contributed by atoms with van der Waals surface area (Å²) in [6.07, 6.45) is 3.47. The molecule has 0 aromatic carbocycles. The molecule has 1 saturated heterocycles. The van der Waals surface area contributed by atoms with Crippen molar-refractivity contribution in [2.45, 2.75) is 45.2 Å². The number of unbranched alkanes of at least 4 members (excludes halogenated alkanes) is 1. The van der Waals surface area contributed by atoms with E-state index in [1.807, 2.05) is 13.8 Å². The standard InChI is InChI=1S/C15H23N3O5/c1-9(2)13-15(23)17-10(14(22)18-13)5-3-4-8-16-11(19)6-7-12(20)21/h6-7,9-10,13H,3-5,8H2,1-2H3,(H,16,19)(H,17,23)(H,18,22)(H,20,21). The zero-order valence-electron chi connectivity index (χ0n) is 13.3. The van der Waals surface area contributed by atoms with Crippen molar-refractivity contribution in [2.75, 3.05) is 6.54 Å². The smallest absolute Gasteiger partial charge is 0.328 e. The van der Waals surface area contributed by atoms with Gasteiger partial charge in [-0.15, -0.1) is 0 Å². The van der Waals surface area contributed by atoms with E-state index >= 15 is 0 Å². The summed E-state index contributed by atoms with van der Waals surface area (Å²) < 4.78 is 0. The first-order valence-corrected chi connectivity index (χ1v) is 7.61. The molecule has 8 heteroatoms. The Morgan fingerprint density at radius 1 is 1.17 bits per heavy atom. The van der Waals surface area contributed by atoms with Crippen LogP contribution in [0, 0.1) is 5.92 Å². The molecular formula is C15H23N3O5. The lowest BCUT2D eigenvalue weighted by Gasteiger charge is -2.31. The molecule has 0 radical (unpaired) electrons. The van der Waals surface area contributed by atoms with Crippen LogP contribution in [0.5, 0.6) is 0 Å². The number of aliphatic carboxylic acids is 1. The molecule has 0 aromatic rings. The molecule has 23 heavy (non-hydrogen) atoms. The predicted octanol–water partition coefficient (Wildman–Crippen LogP) is -0.447. The first-order valence-electron chi connectivity index (χ1n) is 7.61. The van der Waals surface area contributed by atoms with E-state index in [-0.39, 0.29) is 17.7 Å². The van der Waals surface area contributed by atoms with E-state index in [0.29, 0.717) is 25.8 Å². The number of hydrogen-bond acceptors (Lipinski definition) is 4. The summed E-state index contributed by atoms with van der Waals surface area (Å²) in [6.45, 7) is 4.11. The van der Waals surface area contributed by atoms with Gasteiger partial charge in [0.25, 0.3) is 0 Å². The fourth-order valence-corrected chi connectivity index (χ4v) is 2.21. The Kier molecular flexibility index (Phi) is 7.24. The number of amides is 3. The normalized spacial score (nSPS) is 21.2. The summed E-state index contributed by atoms with van der Waals surface area (Å²) in [5.41, 5.74) is 0. The highest BCUT2D eigenvalue weighted by molar-refractivity contribution is 5.97. The molecule has 1 fully saturated rings. The lowest BCUT2D eigenvalue weighted by molar-refractivity contribution is -0.138. The van der Waals surface area contributed by atoms with Crippen molar-refractivity contribution in [1.29, 1.82) is 0 Å². The average Bonchev–Trinajstić information content (AvgIpc) is 2.47. The molecule has 2 atom stereocenters. The Balaban J connectivity index is 2.24. The minimum Gasteiger partial charge on any atom is -0.478 e. The quantitative estimate of drug-likeness (QED) is 0.355. The van der Waals surface area contributed by atoms with Crippen molar-refractivity contribution in [3.8, 4) is 0 Å². The molecule has 0 aromatic heterocycles. The summed E-state index contributed by atoms with van der Waals surface area (Å²) in [5.74, 6) is -1.97. The fraction of sp³-hybridized carbons (Fsp3) is 0.600. The Morgan fingerprint density at radius 3 is 2.48 bits per heavy atom. The number of nitrogens with one attached hydrogen (secondary N) is 3. The number of carboxylic acids is 1. The van der Waals surface area contributed by atoms with Crippen LogP contribution in [0.3, 0.4) is 0 Å². The first kappa shape index (κ1) is 18.7. The molecule has 0 spiro atoms. The zero-order chi connectivity index (χ0) is 17.4. The molecule has 8 nitrogen and oxygen atoms in total. The van der Waals surface area contributed by atoms with Crippen LogP contribution in [-0.4, -0.2) is 47.4 Å². The summed E-state index contributed by atoms with van der Waals surface area (Å²) in [4.78, 5) is 45.2. The van der Waals surface area contributed by atoms with Crippen LogP contribution in [0.25, 0.3) is 0 Å². The monoisotopic (exact) mass is 325 g/mol. The first-order chi connectivity index (χ1) is 10.8. The van der Waals surface area contributed by atoms with Gasteiger partial charge in [0, 0.05) is 18.7 Å². The number of rotatable bonds is 8. The minimum absolute atomic E-state index is 0.0361. The maximum absolute atomic E-state index is 11.9. The zero-order valence-corrected chi connectivity index (χ0v) is 13.3. The van der Waals surface area contributed by atoms with E-state index in [2.05, 4.69) is 16.0 Å². The Morgan fingerprint density at radius 2 is 1.87 bits per heavy atom. The van der Waals surface area contributed by atoms with E-state index in [4.69, 9.17) is 5.11 Å². The Hall–Kier alpha value is -2.38. The largest absolute Gasteiger partial charge is 0.478 e. The van der Waals surface area contributed by atoms with Crippen LogP contribution >= 0.6 is 0 Å². The minimum atomic E-state index is -1.18. The molecule has 0 bridgehead atoms. The second kappa shape index (κ2) is 8.92. The van der Waals surface area contributed by atoms with Crippen molar-refractivity contribution in [3.05, 3.63) is 12.2 Å². The van der Waals surface area contributed by atoms with Gasteiger partial charge in [0.15, 0.2) is 0 Å². The van der Waals surface area contributed by atoms with Crippen LogP contribution in [0.15, 0.2) is 12.2 Å². The van der Waals surface area contributed by atoms with E-state index in [1.54, 1.807) is 0 Å². The highest BCUT2D eigenvalue weighted by Gasteiger charge is 2.34. The van der Waals surface area contributed by atoms with E-state index < -0.39 is 24.0 Å². The van der Waals surface area contributed by atoms with Crippen LogP contribution in [0.1, 0.15) is 33.1 Å². The van der Waals surface area contributed by atoms with Crippen LogP contribution < -0.4 is 16.0 Å². The lowest BCUT2D eigenvalue weighted by Crippen LogP contribution is -2.63. The van der Waals surface area contributed by atoms with Crippen LogP contribution in [-0.2, 0) is 19.2 Å². The van der Waals surface area contributed by atoms with Gasteiger partial charge in [-0.3, -0.25) is 14.4 Å². The second-order valence-electron chi connectivity index (χ2n) is 5.75. The molecule has 1 heterocycles. The van der Waals surface area contributed by atoms with Gasteiger partial charge >= 0.3 is 5.97 Å². The topological polar surface area (TPSA) is 125 Å². The highest BCUT2D eigenvalue weighted by Crippen LogP contribution is 2.10. The maximum atomic E-state index is 11.9. The predicted molar refractivity (Wildman–Crippen MR) is 82.3 cm³/mol. The fourth-order valence-electron chi connectivity index (χ4n) is 2.21. The molecule has 2 unspecified atom stereocenters. The molecule has 4 N–H and O–H groups in total. The molecule has 1 aliphatic heterocycles. The number of carboxylic acid groups (broad SMARTS) is 1. The Bertz CT molecular complexity index is 501. The van der Waals surface area contributed by atoms with Gasteiger partial charge in [0.2, 0.25) is 17.7 Å². The van der Waals surface area contributed by atoms with Gasteiger partial charge in [-0.05, 0) is 25.2 Å². The molecule has 0 aliphatic carbocycles. The van der Waals surface area contributed by atoms with Crippen molar-refractivity contribution in [2.24, 2.45) is 5.92 Å². The summed E-state index contributed by atoms with van der Waals surface area (Å²) in [6, 6.07) is -1.03.